The van der Waals surface area contributed by atoms with Gasteiger partial charge in [0.2, 0.25) is 5.91 Å². The Morgan fingerprint density at radius 3 is 2.49 bits per heavy atom. The molecule has 3 heterocycles. The van der Waals surface area contributed by atoms with E-state index in [1.165, 1.54) is 36.8 Å². The molecule has 1 aliphatic heterocycles. The molecule has 194 valence electrons. The molecular formula is C24H22ClF3N6O3. The van der Waals surface area contributed by atoms with Gasteiger partial charge in [0.25, 0.3) is 5.91 Å². The first-order chi connectivity index (χ1) is 17.6. The summed E-state index contributed by atoms with van der Waals surface area (Å²) in [6.07, 6.45) is -0.215. The zero-order valence-electron chi connectivity index (χ0n) is 19.5. The Kier molecular flexibility index (Phi) is 7.60. The van der Waals surface area contributed by atoms with E-state index in [-0.39, 0.29) is 35.8 Å². The second kappa shape index (κ2) is 10.7. The van der Waals surface area contributed by atoms with Crippen molar-refractivity contribution in [3.8, 4) is 0 Å². The topological polar surface area (TPSA) is 118 Å². The SMILES string of the molecule is Cc1ncc(C(=O)N[C@@]2(C(=O)NCc3ccc(Nc4ccc(Cl)cc4C(F)(F)F)cn3)CCOC2)cn1. The minimum atomic E-state index is -4.59. The zero-order valence-corrected chi connectivity index (χ0v) is 20.3. The van der Waals surface area contributed by atoms with Crippen molar-refractivity contribution in [3.05, 3.63) is 76.6 Å². The van der Waals surface area contributed by atoms with Crippen LogP contribution in [0.2, 0.25) is 5.02 Å². The van der Waals surface area contributed by atoms with Crippen LogP contribution in [0, 0.1) is 6.92 Å². The van der Waals surface area contributed by atoms with Gasteiger partial charge in [0.1, 0.15) is 11.4 Å². The minimum absolute atomic E-state index is 0.00376. The number of alkyl halides is 3. The van der Waals surface area contributed by atoms with E-state index < -0.39 is 29.1 Å². The third-order valence-electron chi connectivity index (χ3n) is 5.67. The first kappa shape index (κ1) is 26.3. The lowest BCUT2D eigenvalue weighted by molar-refractivity contribution is -0.137. The Morgan fingerprint density at radius 2 is 1.86 bits per heavy atom. The van der Waals surface area contributed by atoms with E-state index in [2.05, 4.69) is 30.9 Å². The Hall–Kier alpha value is -3.77. The molecule has 1 fully saturated rings. The van der Waals surface area contributed by atoms with Crippen LogP contribution in [-0.2, 0) is 22.3 Å². The van der Waals surface area contributed by atoms with E-state index >= 15 is 0 Å². The van der Waals surface area contributed by atoms with E-state index in [4.69, 9.17) is 16.3 Å². The third-order valence-corrected chi connectivity index (χ3v) is 5.91. The molecule has 3 N–H and O–H groups in total. The number of hydrogen-bond acceptors (Lipinski definition) is 7. The Labute approximate surface area is 214 Å². The van der Waals surface area contributed by atoms with Crippen LogP contribution < -0.4 is 16.0 Å². The molecule has 1 atom stereocenters. The van der Waals surface area contributed by atoms with Gasteiger partial charge in [-0.2, -0.15) is 13.2 Å². The van der Waals surface area contributed by atoms with Gasteiger partial charge >= 0.3 is 6.18 Å². The molecule has 0 unspecified atom stereocenters. The van der Waals surface area contributed by atoms with Crippen molar-refractivity contribution in [2.45, 2.75) is 31.6 Å². The number of nitrogens with zero attached hydrogens (tertiary/aromatic N) is 3. The molecule has 1 aromatic carbocycles. The van der Waals surface area contributed by atoms with Crippen molar-refractivity contribution in [3.63, 3.8) is 0 Å². The first-order valence-electron chi connectivity index (χ1n) is 11.1. The molecule has 1 aliphatic rings. The second-order valence-electron chi connectivity index (χ2n) is 8.39. The van der Waals surface area contributed by atoms with Gasteiger partial charge in [0.15, 0.2) is 0 Å². The predicted molar refractivity (Wildman–Crippen MR) is 128 cm³/mol. The lowest BCUT2D eigenvalue weighted by atomic mass is 9.96. The molecule has 0 aliphatic carbocycles. The summed E-state index contributed by atoms with van der Waals surface area (Å²) < 4.78 is 45.4. The number of aryl methyl sites for hydroxylation is 1. The van der Waals surface area contributed by atoms with Gasteiger partial charge < -0.3 is 20.7 Å². The average molecular weight is 535 g/mol. The molecule has 2 amide bonds. The smallest absolute Gasteiger partial charge is 0.378 e. The number of aromatic nitrogens is 3. The standard InChI is InChI=1S/C24H22ClF3N6O3/c1-14-29-9-15(10-30-14)21(35)34-23(6-7-37-13-23)22(36)32-11-17-3-4-18(12-31-17)33-20-5-2-16(25)8-19(20)24(26,27)28/h2-5,8-10,12,33H,6-7,11,13H2,1H3,(H,32,36)(H,34,35)/t23-/m0/s1. The summed E-state index contributed by atoms with van der Waals surface area (Å²) in [5.41, 5.74) is -1.36. The first-order valence-corrected chi connectivity index (χ1v) is 11.5. The van der Waals surface area contributed by atoms with Crippen molar-refractivity contribution in [2.75, 3.05) is 18.5 Å². The fourth-order valence-electron chi connectivity index (χ4n) is 3.66. The average Bonchev–Trinajstić information content (AvgIpc) is 3.34. The van der Waals surface area contributed by atoms with Crippen LogP contribution >= 0.6 is 11.6 Å². The van der Waals surface area contributed by atoms with Gasteiger partial charge in [-0.05, 0) is 37.3 Å². The maximum absolute atomic E-state index is 13.3. The predicted octanol–water partition coefficient (Wildman–Crippen LogP) is 3.80. The molecular weight excluding hydrogens is 513 g/mol. The monoisotopic (exact) mass is 534 g/mol. The largest absolute Gasteiger partial charge is 0.418 e. The molecule has 3 aromatic rings. The quantitative estimate of drug-likeness (QED) is 0.422. The van der Waals surface area contributed by atoms with Crippen molar-refractivity contribution in [1.82, 2.24) is 25.6 Å². The lowest BCUT2D eigenvalue weighted by Crippen LogP contribution is -2.59. The summed E-state index contributed by atoms with van der Waals surface area (Å²) in [6, 6.07) is 6.53. The van der Waals surface area contributed by atoms with Crippen LogP contribution in [0.15, 0.2) is 48.9 Å². The summed E-state index contributed by atoms with van der Waals surface area (Å²) in [5, 5.41) is 8.13. The summed E-state index contributed by atoms with van der Waals surface area (Å²) in [4.78, 5) is 37.9. The van der Waals surface area contributed by atoms with E-state index in [0.29, 0.717) is 23.8 Å². The molecule has 0 bridgehead atoms. The number of carbonyl (C=O) groups is 2. The maximum atomic E-state index is 13.3. The van der Waals surface area contributed by atoms with Gasteiger partial charge in [0.05, 0.1) is 47.5 Å². The molecule has 0 radical (unpaired) electrons. The molecule has 2 aromatic heterocycles. The molecule has 0 saturated carbocycles. The van der Waals surface area contributed by atoms with Gasteiger partial charge in [-0.15, -0.1) is 0 Å². The number of carbonyl (C=O) groups excluding carboxylic acids is 2. The Bertz CT molecular complexity index is 1280. The van der Waals surface area contributed by atoms with Crippen molar-refractivity contribution in [1.29, 1.82) is 0 Å². The van der Waals surface area contributed by atoms with Crippen LogP contribution in [-0.4, -0.2) is 45.5 Å². The Morgan fingerprint density at radius 1 is 1.11 bits per heavy atom. The zero-order chi connectivity index (χ0) is 26.6. The molecule has 9 nitrogen and oxygen atoms in total. The van der Waals surface area contributed by atoms with Crippen molar-refractivity contribution < 1.29 is 27.5 Å². The van der Waals surface area contributed by atoms with Gasteiger partial charge in [0, 0.05) is 30.4 Å². The van der Waals surface area contributed by atoms with Gasteiger partial charge in [-0.1, -0.05) is 11.6 Å². The molecule has 0 spiro atoms. The van der Waals surface area contributed by atoms with Crippen LogP contribution in [0.5, 0.6) is 0 Å². The molecule has 1 saturated heterocycles. The van der Waals surface area contributed by atoms with Crippen LogP contribution in [0.25, 0.3) is 0 Å². The normalized spacial score (nSPS) is 17.3. The van der Waals surface area contributed by atoms with Crippen molar-refractivity contribution >= 4 is 34.8 Å². The van der Waals surface area contributed by atoms with E-state index in [0.717, 1.165) is 6.07 Å². The van der Waals surface area contributed by atoms with Crippen LogP contribution in [0.4, 0.5) is 24.5 Å². The number of rotatable bonds is 7. The van der Waals surface area contributed by atoms with Crippen LogP contribution in [0.3, 0.4) is 0 Å². The number of amides is 2. The molecule has 37 heavy (non-hydrogen) atoms. The highest BCUT2D eigenvalue weighted by molar-refractivity contribution is 6.30. The van der Waals surface area contributed by atoms with E-state index in [1.54, 1.807) is 13.0 Å². The minimum Gasteiger partial charge on any atom is -0.378 e. The number of anilines is 2. The number of halogens is 4. The lowest BCUT2D eigenvalue weighted by Gasteiger charge is -2.27. The fourth-order valence-corrected chi connectivity index (χ4v) is 3.83. The highest BCUT2D eigenvalue weighted by atomic mass is 35.5. The number of nitrogens with one attached hydrogen (secondary N) is 3. The van der Waals surface area contributed by atoms with Gasteiger partial charge in [-0.25, -0.2) is 9.97 Å². The number of pyridine rings is 1. The highest BCUT2D eigenvalue weighted by Gasteiger charge is 2.44. The summed E-state index contributed by atoms with van der Waals surface area (Å²) in [7, 11) is 0. The molecule has 4 rings (SSSR count). The summed E-state index contributed by atoms with van der Waals surface area (Å²) in [6.45, 7) is 2.01. The van der Waals surface area contributed by atoms with E-state index in [1.807, 2.05) is 0 Å². The highest BCUT2D eigenvalue weighted by Crippen LogP contribution is 2.37. The van der Waals surface area contributed by atoms with Crippen LogP contribution in [0.1, 0.15) is 33.9 Å². The van der Waals surface area contributed by atoms with Crippen molar-refractivity contribution in [2.24, 2.45) is 0 Å². The number of hydrogen-bond donors (Lipinski definition) is 3. The van der Waals surface area contributed by atoms with E-state index in [9.17, 15) is 22.8 Å². The maximum Gasteiger partial charge on any atom is 0.418 e. The van der Waals surface area contributed by atoms with Gasteiger partial charge in [-0.3, -0.25) is 14.6 Å². The third kappa shape index (κ3) is 6.33. The second-order valence-corrected chi connectivity index (χ2v) is 8.83. The fraction of sp³-hybridized carbons (Fsp3) is 0.292. The Balaban J connectivity index is 1.39. The summed E-state index contributed by atoms with van der Waals surface area (Å²) >= 11 is 5.72. The summed E-state index contributed by atoms with van der Waals surface area (Å²) in [5.74, 6) is -0.447. The number of benzene rings is 1. The molecule has 13 heteroatoms. The number of ether oxygens (including phenoxy) is 1.